The summed E-state index contributed by atoms with van der Waals surface area (Å²) in [4.78, 5) is 0. The van der Waals surface area contributed by atoms with Gasteiger partial charge in [0.15, 0.2) is 5.75 Å². The minimum absolute atomic E-state index is 0.488. The predicted molar refractivity (Wildman–Crippen MR) is 73.1 cm³/mol. The summed E-state index contributed by atoms with van der Waals surface area (Å²) >= 11 is 0. The van der Waals surface area contributed by atoms with Crippen LogP contribution in [0.15, 0.2) is 36.7 Å². The number of nitrogens with two attached hydrogens (primary N) is 1. The monoisotopic (exact) mass is 261 g/mol. The molecule has 2 rings (SSSR count). The molecule has 0 aliphatic rings. The first kappa shape index (κ1) is 13.4. The maximum Gasteiger partial charge on any atom is 0.157 e. The summed E-state index contributed by atoms with van der Waals surface area (Å²) in [5.74, 6) is 1.64. The van der Waals surface area contributed by atoms with Gasteiger partial charge in [-0.1, -0.05) is 18.2 Å². The Balaban J connectivity index is 1.69. The Morgan fingerprint density at radius 3 is 2.74 bits per heavy atom. The average Bonchev–Trinajstić information content (AvgIpc) is 2.84. The van der Waals surface area contributed by atoms with E-state index in [2.05, 4.69) is 5.10 Å². The third kappa shape index (κ3) is 3.99. The lowest BCUT2D eigenvalue weighted by Gasteiger charge is -2.10. The third-order valence-electron chi connectivity index (χ3n) is 2.69. The van der Waals surface area contributed by atoms with Gasteiger partial charge in [0.25, 0.3) is 0 Å². The first-order valence-electron chi connectivity index (χ1n) is 6.32. The van der Waals surface area contributed by atoms with Gasteiger partial charge < -0.3 is 15.2 Å². The van der Waals surface area contributed by atoms with E-state index >= 15 is 0 Å². The smallest absolute Gasteiger partial charge is 0.157 e. The molecule has 0 aliphatic heterocycles. The highest BCUT2D eigenvalue weighted by Gasteiger charge is 2.01. The SMILES string of the molecule is Cn1cc(OCCCOc2ccccc2CN)cn1. The number of hydrogen-bond acceptors (Lipinski definition) is 4. The lowest BCUT2D eigenvalue weighted by atomic mass is 10.2. The van der Waals surface area contributed by atoms with Crippen molar-refractivity contribution in [1.82, 2.24) is 9.78 Å². The van der Waals surface area contributed by atoms with E-state index in [0.717, 1.165) is 23.5 Å². The summed E-state index contributed by atoms with van der Waals surface area (Å²) in [7, 11) is 1.86. The number of para-hydroxylation sites is 1. The topological polar surface area (TPSA) is 62.3 Å². The van der Waals surface area contributed by atoms with E-state index in [1.54, 1.807) is 10.9 Å². The van der Waals surface area contributed by atoms with E-state index in [1.165, 1.54) is 0 Å². The first-order chi connectivity index (χ1) is 9.29. The molecule has 0 atom stereocenters. The van der Waals surface area contributed by atoms with Crippen molar-refractivity contribution in [3.8, 4) is 11.5 Å². The molecule has 102 valence electrons. The minimum atomic E-state index is 0.488. The molecule has 0 amide bonds. The van der Waals surface area contributed by atoms with E-state index in [1.807, 2.05) is 37.5 Å². The lowest BCUT2D eigenvalue weighted by Crippen LogP contribution is -2.07. The molecule has 1 aromatic carbocycles. The molecule has 0 aliphatic carbocycles. The van der Waals surface area contributed by atoms with Gasteiger partial charge >= 0.3 is 0 Å². The van der Waals surface area contributed by atoms with Gasteiger partial charge in [-0.2, -0.15) is 5.10 Å². The van der Waals surface area contributed by atoms with Gasteiger partial charge in [0.1, 0.15) is 5.75 Å². The molecule has 0 unspecified atom stereocenters. The molecule has 0 radical (unpaired) electrons. The van der Waals surface area contributed by atoms with Gasteiger partial charge in [0.2, 0.25) is 0 Å². The molecule has 0 saturated carbocycles. The second kappa shape index (κ2) is 6.80. The molecular formula is C14H19N3O2. The Bertz CT molecular complexity index is 511. The fourth-order valence-corrected chi connectivity index (χ4v) is 1.72. The molecule has 19 heavy (non-hydrogen) atoms. The number of benzene rings is 1. The number of rotatable bonds is 7. The maximum absolute atomic E-state index is 5.69. The van der Waals surface area contributed by atoms with Crippen molar-refractivity contribution in [3.63, 3.8) is 0 Å². The van der Waals surface area contributed by atoms with Crippen molar-refractivity contribution in [2.75, 3.05) is 13.2 Å². The molecule has 5 heteroatoms. The summed E-state index contributed by atoms with van der Waals surface area (Å²) in [6.45, 7) is 1.70. The maximum atomic E-state index is 5.69. The normalized spacial score (nSPS) is 10.4. The molecular weight excluding hydrogens is 242 g/mol. The van der Waals surface area contributed by atoms with Crippen molar-refractivity contribution < 1.29 is 9.47 Å². The Morgan fingerprint density at radius 2 is 2.00 bits per heavy atom. The first-order valence-corrected chi connectivity index (χ1v) is 6.32. The van der Waals surface area contributed by atoms with Crippen molar-refractivity contribution in [1.29, 1.82) is 0 Å². The summed E-state index contributed by atoms with van der Waals surface area (Å²) in [6.07, 6.45) is 4.35. The molecule has 1 heterocycles. The van der Waals surface area contributed by atoms with E-state index in [4.69, 9.17) is 15.2 Å². The second-order valence-corrected chi connectivity index (χ2v) is 4.21. The molecule has 2 aromatic rings. The Morgan fingerprint density at radius 1 is 1.21 bits per heavy atom. The van der Waals surface area contributed by atoms with Gasteiger partial charge in [0, 0.05) is 25.6 Å². The highest BCUT2D eigenvalue weighted by atomic mass is 16.5. The molecule has 0 bridgehead atoms. The zero-order valence-electron chi connectivity index (χ0n) is 11.1. The van der Waals surface area contributed by atoms with Crippen LogP contribution in [0.2, 0.25) is 0 Å². The number of nitrogens with zero attached hydrogens (tertiary/aromatic N) is 2. The van der Waals surface area contributed by atoms with Crippen LogP contribution in [0, 0.1) is 0 Å². The second-order valence-electron chi connectivity index (χ2n) is 4.21. The van der Waals surface area contributed by atoms with Crippen LogP contribution in [0.3, 0.4) is 0 Å². The number of ether oxygens (including phenoxy) is 2. The quantitative estimate of drug-likeness (QED) is 0.771. The number of hydrogen-bond donors (Lipinski definition) is 1. The molecule has 0 fully saturated rings. The van der Waals surface area contributed by atoms with Crippen LogP contribution < -0.4 is 15.2 Å². The fraction of sp³-hybridized carbons (Fsp3) is 0.357. The molecule has 1 aromatic heterocycles. The molecule has 2 N–H and O–H groups in total. The van der Waals surface area contributed by atoms with Gasteiger partial charge in [-0.15, -0.1) is 0 Å². The fourth-order valence-electron chi connectivity index (χ4n) is 1.72. The highest BCUT2D eigenvalue weighted by molar-refractivity contribution is 5.32. The number of aryl methyl sites for hydroxylation is 1. The van der Waals surface area contributed by atoms with E-state index in [0.29, 0.717) is 19.8 Å². The lowest BCUT2D eigenvalue weighted by molar-refractivity contribution is 0.246. The average molecular weight is 261 g/mol. The van der Waals surface area contributed by atoms with Crippen molar-refractivity contribution in [2.24, 2.45) is 12.8 Å². The van der Waals surface area contributed by atoms with Crippen LogP contribution in [0.5, 0.6) is 11.5 Å². The van der Waals surface area contributed by atoms with Gasteiger partial charge in [0.05, 0.1) is 25.6 Å². The van der Waals surface area contributed by atoms with Crippen molar-refractivity contribution in [2.45, 2.75) is 13.0 Å². The van der Waals surface area contributed by atoms with Gasteiger partial charge in [-0.05, 0) is 6.07 Å². The highest BCUT2D eigenvalue weighted by Crippen LogP contribution is 2.17. The van der Waals surface area contributed by atoms with Gasteiger partial charge in [-0.3, -0.25) is 4.68 Å². The van der Waals surface area contributed by atoms with E-state index < -0.39 is 0 Å². The van der Waals surface area contributed by atoms with Crippen LogP contribution >= 0.6 is 0 Å². The summed E-state index contributed by atoms with van der Waals surface area (Å²) < 4.78 is 12.9. The van der Waals surface area contributed by atoms with Crippen LogP contribution in [0.4, 0.5) is 0 Å². The van der Waals surface area contributed by atoms with Crippen LogP contribution in [-0.2, 0) is 13.6 Å². The standard InChI is InChI=1S/C14H19N3O2/c1-17-11-13(10-16-17)18-7-4-8-19-14-6-3-2-5-12(14)9-15/h2-3,5-6,10-11H,4,7-9,15H2,1H3. The largest absolute Gasteiger partial charge is 0.493 e. The zero-order chi connectivity index (χ0) is 13.5. The summed E-state index contributed by atoms with van der Waals surface area (Å²) in [5.41, 5.74) is 6.67. The molecule has 0 saturated heterocycles. The van der Waals surface area contributed by atoms with Crippen molar-refractivity contribution in [3.05, 3.63) is 42.2 Å². The van der Waals surface area contributed by atoms with Crippen LogP contribution in [0.25, 0.3) is 0 Å². The Hall–Kier alpha value is -2.01. The van der Waals surface area contributed by atoms with E-state index in [-0.39, 0.29) is 0 Å². The van der Waals surface area contributed by atoms with Crippen LogP contribution in [0.1, 0.15) is 12.0 Å². The molecule has 0 spiro atoms. The molecule has 5 nitrogen and oxygen atoms in total. The zero-order valence-corrected chi connectivity index (χ0v) is 11.1. The summed E-state index contributed by atoms with van der Waals surface area (Å²) in [6, 6.07) is 7.81. The number of aromatic nitrogens is 2. The summed E-state index contributed by atoms with van der Waals surface area (Å²) in [5, 5.41) is 4.03. The van der Waals surface area contributed by atoms with E-state index in [9.17, 15) is 0 Å². The van der Waals surface area contributed by atoms with Gasteiger partial charge in [-0.25, -0.2) is 0 Å². The van der Waals surface area contributed by atoms with Crippen molar-refractivity contribution >= 4 is 0 Å². The van der Waals surface area contributed by atoms with Crippen LogP contribution in [-0.4, -0.2) is 23.0 Å². The predicted octanol–water partition coefficient (Wildman–Crippen LogP) is 1.73. The minimum Gasteiger partial charge on any atom is -0.493 e. The Labute approximate surface area is 112 Å². The Kier molecular flexibility index (Phi) is 4.80. The third-order valence-corrected chi connectivity index (χ3v) is 2.69.